The molecule has 3 N–H and O–H groups in total. The fourth-order valence-electron chi connectivity index (χ4n) is 1.43. The lowest BCUT2D eigenvalue weighted by molar-refractivity contribution is -0.136. The maximum Gasteiger partial charge on any atom is 0.389 e. The minimum Gasteiger partial charge on any atom is -0.271 e. The summed E-state index contributed by atoms with van der Waals surface area (Å²) in [6, 6.07) is 3.94. The van der Waals surface area contributed by atoms with Crippen molar-refractivity contribution in [2.45, 2.75) is 25.1 Å². The fraction of sp³-hybridized carbons (Fsp3) is 0.400. The Kier molecular flexibility index (Phi) is 5.06. The number of benzene rings is 1. The molecule has 0 aliphatic carbocycles. The molecule has 0 bridgehead atoms. The SMILES string of the molecule is NNC(CCC(F)(F)F)c1cc(Cl)cc(Cl)c1. The van der Waals surface area contributed by atoms with Gasteiger partial charge in [0.1, 0.15) is 0 Å². The number of alkyl halides is 3. The number of nitrogens with one attached hydrogen (secondary N) is 1. The highest BCUT2D eigenvalue weighted by atomic mass is 35.5. The van der Waals surface area contributed by atoms with Crippen molar-refractivity contribution in [2.75, 3.05) is 0 Å². The molecule has 17 heavy (non-hydrogen) atoms. The normalized spacial score (nSPS) is 13.8. The van der Waals surface area contributed by atoms with E-state index in [0.717, 1.165) is 0 Å². The summed E-state index contributed by atoms with van der Waals surface area (Å²) in [5.41, 5.74) is 2.86. The number of nitrogens with two attached hydrogens (primary N) is 1. The van der Waals surface area contributed by atoms with E-state index in [2.05, 4.69) is 5.43 Å². The van der Waals surface area contributed by atoms with Gasteiger partial charge in [0.25, 0.3) is 0 Å². The average Bonchev–Trinajstić information content (AvgIpc) is 2.15. The van der Waals surface area contributed by atoms with Crippen molar-refractivity contribution in [3.63, 3.8) is 0 Å². The first-order valence-corrected chi connectivity index (χ1v) is 5.56. The minimum atomic E-state index is -4.21. The molecule has 0 saturated heterocycles. The van der Waals surface area contributed by atoms with Gasteiger partial charge >= 0.3 is 6.18 Å². The molecule has 1 unspecified atom stereocenters. The van der Waals surface area contributed by atoms with Crippen molar-refractivity contribution in [3.05, 3.63) is 33.8 Å². The molecule has 1 aromatic rings. The Balaban J connectivity index is 2.79. The van der Waals surface area contributed by atoms with Crippen LogP contribution in [0, 0.1) is 0 Å². The van der Waals surface area contributed by atoms with E-state index in [4.69, 9.17) is 29.0 Å². The third kappa shape index (κ3) is 5.12. The van der Waals surface area contributed by atoms with Gasteiger partial charge in [-0.25, -0.2) is 0 Å². The molecular weight excluding hydrogens is 276 g/mol. The van der Waals surface area contributed by atoms with Crippen LogP contribution >= 0.6 is 23.2 Å². The van der Waals surface area contributed by atoms with Crippen LogP contribution in [0.3, 0.4) is 0 Å². The van der Waals surface area contributed by atoms with Crippen molar-refractivity contribution in [2.24, 2.45) is 5.84 Å². The molecule has 0 heterocycles. The number of halogens is 5. The Morgan fingerprint density at radius 1 is 1.18 bits per heavy atom. The van der Waals surface area contributed by atoms with E-state index in [9.17, 15) is 13.2 Å². The van der Waals surface area contributed by atoms with E-state index in [1.165, 1.54) is 18.2 Å². The summed E-state index contributed by atoms with van der Waals surface area (Å²) in [6.45, 7) is 0. The predicted octanol–water partition coefficient (Wildman–Crippen LogP) is 3.84. The van der Waals surface area contributed by atoms with Crippen LogP contribution in [0.25, 0.3) is 0 Å². The van der Waals surface area contributed by atoms with Crippen molar-refractivity contribution in [1.29, 1.82) is 0 Å². The van der Waals surface area contributed by atoms with E-state index in [1.54, 1.807) is 0 Å². The summed E-state index contributed by atoms with van der Waals surface area (Å²) in [5, 5.41) is 0.722. The maximum atomic E-state index is 12.1. The highest BCUT2D eigenvalue weighted by molar-refractivity contribution is 6.34. The Labute approximate surface area is 107 Å². The summed E-state index contributed by atoms with van der Waals surface area (Å²) in [5.74, 6) is 5.23. The maximum absolute atomic E-state index is 12.1. The van der Waals surface area contributed by atoms with Gasteiger partial charge in [-0.15, -0.1) is 0 Å². The van der Waals surface area contributed by atoms with Gasteiger partial charge in [-0.1, -0.05) is 23.2 Å². The number of hydrazine groups is 1. The van der Waals surface area contributed by atoms with Gasteiger partial charge in [-0.05, 0) is 30.2 Å². The van der Waals surface area contributed by atoms with Gasteiger partial charge in [0.05, 0.1) is 0 Å². The number of rotatable bonds is 4. The molecule has 1 rings (SSSR count). The van der Waals surface area contributed by atoms with E-state index in [0.29, 0.717) is 15.6 Å². The van der Waals surface area contributed by atoms with Crippen molar-refractivity contribution in [1.82, 2.24) is 5.43 Å². The molecule has 0 aromatic heterocycles. The molecule has 0 fully saturated rings. The minimum absolute atomic E-state index is 0.170. The third-order valence-electron chi connectivity index (χ3n) is 2.20. The Morgan fingerprint density at radius 3 is 2.12 bits per heavy atom. The third-order valence-corrected chi connectivity index (χ3v) is 2.64. The number of hydrogen-bond donors (Lipinski definition) is 2. The highest BCUT2D eigenvalue weighted by Gasteiger charge is 2.28. The topological polar surface area (TPSA) is 38.0 Å². The van der Waals surface area contributed by atoms with Gasteiger partial charge in [0, 0.05) is 22.5 Å². The van der Waals surface area contributed by atoms with E-state index < -0.39 is 18.6 Å². The molecule has 7 heteroatoms. The lowest BCUT2D eigenvalue weighted by atomic mass is 10.0. The second kappa shape index (κ2) is 5.91. The quantitative estimate of drug-likeness (QED) is 0.652. The van der Waals surface area contributed by atoms with Gasteiger partial charge in [0.15, 0.2) is 0 Å². The van der Waals surface area contributed by atoms with Crippen LogP contribution in [-0.4, -0.2) is 6.18 Å². The fourth-order valence-corrected chi connectivity index (χ4v) is 1.97. The molecule has 1 aromatic carbocycles. The molecule has 96 valence electrons. The van der Waals surface area contributed by atoms with Gasteiger partial charge in [-0.3, -0.25) is 11.3 Å². The van der Waals surface area contributed by atoms with Crippen LogP contribution in [0.1, 0.15) is 24.4 Å². The standard InChI is InChI=1S/C10H11Cl2F3N2/c11-7-3-6(4-8(12)5-7)9(17-16)1-2-10(13,14)15/h3-5,9,17H,1-2,16H2. The summed E-state index contributed by atoms with van der Waals surface area (Å²) in [7, 11) is 0. The molecule has 0 aliphatic heterocycles. The van der Waals surface area contributed by atoms with Crippen molar-refractivity contribution in [3.8, 4) is 0 Å². The average molecular weight is 287 g/mol. The smallest absolute Gasteiger partial charge is 0.271 e. The van der Waals surface area contributed by atoms with Crippen molar-refractivity contribution >= 4 is 23.2 Å². The van der Waals surface area contributed by atoms with Crippen LogP contribution < -0.4 is 11.3 Å². The molecule has 0 saturated carbocycles. The lowest BCUT2D eigenvalue weighted by Gasteiger charge is -2.17. The number of hydrogen-bond acceptors (Lipinski definition) is 2. The predicted molar refractivity (Wildman–Crippen MR) is 61.8 cm³/mol. The van der Waals surface area contributed by atoms with Crippen LogP contribution in [-0.2, 0) is 0 Å². The molecule has 2 nitrogen and oxygen atoms in total. The first kappa shape index (κ1) is 14.6. The highest BCUT2D eigenvalue weighted by Crippen LogP contribution is 2.29. The molecule has 0 radical (unpaired) electrons. The lowest BCUT2D eigenvalue weighted by Crippen LogP contribution is -2.29. The summed E-state index contributed by atoms with van der Waals surface area (Å²) in [4.78, 5) is 0. The van der Waals surface area contributed by atoms with E-state index >= 15 is 0 Å². The van der Waals surface area contributed by atoms with Gasteiger partial charge in [0.2, 0.25) is 0 Å². The first-order valence-electron chi connectivity index (χ1n) is 4.80. The zero-order chi connectivity index (χ0) is 13.1. The Bertz CT molecular complexity index is 362. The van der Waals surface area contributed by atoms with E-state index in [-0.39, 0.29) is 6.42 Å². The Hall–Kier alpha value is -0.490. The van der Waals surface area contributed by atoms with Gasteiger partial charge in [-0.2, -0.15) is 13.2 Å². The van der Waals surface area contributed by atoms with Gasteiger partial charge < -0.3 is 0 Å². The first-order chi connectivity index (χ1) is 7.81. The molecule has 0 spiro atoms. The molecular formula is C10H11Cl2F3N2. The molecule has 1 atom stereocenters. The second-order valence-corrected chi connectivity index (χ2v) is 4.45. The second-order valence-electron chi connectivity index (χ2n) is 3.58. The zero-order valence-corrected chi connectivity index (χ0v) is 10.2. The summed E-state index contributed by atoms with van der Waals surface area (Å²) in [6.07, 6.45) is -5.31. The van der Waals surface area contributed by atoms with Crippen LogP contribution in [0.2, 0.25) is 10.0 Å². The Morgan fingerprint density at radius 2 is 1.71 bits per heavy atom. The summed E-state index contributed by atoms with van der Waals surface area (Å²) < 4.78 is 36.3. The van der Waals surface area contributed by atoms with E-state index in [1.807, 2.05) is 0 Å². The molecule has 0 amide bonds. The molecule has 0 aliphatic rings. The van der Waals surface area contributed by atoms with Crippen LogP contribution in [0.5, 0.6) is 0 Å². The summed E-state index contributed by atoms with van der Waals surface area (Å²) >= 11 is 11.5. The monoisotopic (exact) mass is 286 g/mol. The van der Waals surface area contributed by atoms with Crippen LogP contribution in [0.15, 0.2) is 18.2 Å². The zero-order valence-electron chi connectivity index (χ0n) is 8.69. The van der Waals surface area contributed by atoms with Crippen LogP contribution in [0.4, 0.5) is 13.2 Å². The largest absolute Gasteiger partial charge is 0.389 e. The van der Waals surface area contributed by atoms with Crippen molar-refractivity contribution < 1.29 is 13.2 Å².